The van der Waals surface area contributed by atoms with E-state index in [1.807, 2.05) is 24.8 Å². The van der Waals surface area contributed by atoms with E-state index >= 15 is 0 Å². The van der Waals surface area contributed by atoms with E-state index in [2.05, 4.69) is 6.92 Å². The summed E-state index contributed by atoms with van der Waals surface area (Å²) in [6.45, 7) is 7.82. The first kappa shape index (κ1) is 17.4. The molecule has 0 bridgehead atoms. The summed E-state index contributed by atoms with van der Waals surface area (Å²) >= 11 is 1.68. The van der Waals surface area contributed by atoms with Crippen molar-refractivity contribution in [2.24, 2.45) is 5.92 Å². The van der Waals surface area contributed by atoms with Crippen LogP contribution in [0.4, 0.5) is 0 Å². The second-order valence-electron chi connectivity index (χ2n) is 6.45. The first-order valence-electron chi connectivity index (χ1n) is 8.38. The van der Waals surface area contributed by atoms with Gasteiger partial charge in [-0.05, 0) is 38.5 Å². The van der Waals surface area contributed by atoms with Crippen LogP contribution < -0.4 is 0 Å². The Hall–Kier alpha value is -0.970. The van der Waals surface area contributed by atoms with Crippen LogP contribution >= 0.6 is 11.8 Å². The van der Waals surface area contributed by atoms with E-state index in [0.717, 1.165) is 43.7 Å². The molecular formula is C17H28N2O2S. The SMILES string of the molecule is CC/C=C(/C)C(=O)N1CSC[C@@H]1C(=O)N1CCC[C@H](C)CC1. The van der Waals surface area contributed by atoms with Crippen molar-refractivity contribution >= 4 is 23.6 Å². The fourth-order valence-electron chi connectivity index (χ4n) is 3.16. The predicted molar refractivity (Wildman–Crippen MR) is 91.6 cm³/mol. The normalized spacial score (nSPS) is 27.0. The summed E-state index contributed by atoms with van der Waals surface area (Å²) < 4.78 is 0. The number of amides is 2. The highest BCUT2D eigenvalue weighted by Gasteiger charge is 2.37. The summed E-state index contributed by atoms with van der Waals surface area (Å²) in [6.07, 6.45) is 6.15. The lowest BCUT2D eigenvalue weighted by molar-refractivity contribution is -0.141. The smallest absolute Gasteiger partial charge is 0.250 e. The average Bonchev–Trinajstić information content (AvgIpc) is 2.88. The van der Waals surface area contributed by atoms with E-state index in [1.54, 1.807) is 16.7 Å². The Morgan fingerprint density at radius 2 is 2.05 bits per heavy atom. The van der Waals surface area contributed by atoms with Crippen molar-refractivity contribution in [2.45, 2.75) is 52.5 Å². The molecule has 124 valence electrons. The summed E-state index contributed by atoms with van der Waals surface area (Å²) in [7, 11) is 0. The first-order chi connectivity index (χ1) is 10.5. The molecule has 0 aromatic carbocycles. The summed E-state index contributed by atoms with van der Waals surface area (Å²) in [6, 6.07) is -0.272. The van der Waals surface area contributed by atoms with Crippen molar-refractivity contribution in [3.05, 3.63) is 11.6 Å². The summed E-state index contributed by atoms with van der Waals surface area (Å²) in [5.41, 5.74) is 0.757. The average molecular weight is 324 g/mol. The van der Waals surface area contributed by atoms with Crippen LogP contribution in [-0.4, -0.2) is 52.4 Å². The molecule has 22 heavy (non-hydrogen) atoms. The van der Waals surface area contributed by atoms with Crippen molar-refractivity contribution in [2.75, 3.05) is 24.7 Å². The van der Waals surface area contributed by atoms with Gasteiger partial charge in [0.05, 0.1) is 5.88 Å². The molecule has 0 N–H and O–H groups in total. The number of nitrogens with zero attached hydrogens (tertiary/aromatic N) is 2. The molecule has 0 saturated carbocycles. The third kappa shape index (κ3) is 4.06. The Balaban J connectivity index is 2.04. The van der Waals surface area contributed by atoms with Gasteiger partial charge in [0, 0.05) is 24.4 Å². The molecule has 4 nitrogen and oxygen atoms in total. The van der Waals surface area contributed by atoms with E-state index in [0.29, 0.717) is 11.8 Å². The van der Waals surface area contributed by atoms with E-state index < -0.39 is 0 Å². The fraction of sp³-hybridized carbons (Fsp3) is 0.765. The van der Waals surface area contributed by atoms with Crippen molar-refractivity contribution in [1.29, 1.82) is 0 Å². The lowest BCUT2D eigenvalue weighted by Gasteiger charge is -2.29. The van der Waals surface area contributed by atoms with Gasteiger partial charge in [-0.25, -0.2) is 0 Å². The number of carbonyl (C=O) groups is 2. The molecule has 0 spiro atoms. The van der Waals surface area contributed by atoms with Crippen LogP contribution in [-0.2, 0) is 9.59 Å². The van der Waals surface area contributed by atoms with Gasteiger partial charge in [-0.2, -0.15) is 0 Å². The predicted octanol–water partition coefficient (Wildman–Crippen LogP) is 2.89. The molecule has 0 aliphatic carbocycles. The maximum atomic E-state index is 12.9. The summed E-state index contributed by atoms with van der Waals surface area (Å²) in [5, 5.41) is 0. The number of allylic oxidation sites excluding steroid dienone is 1. The quantitative estimate of drug-likeness (QED) is 0.750. The number of thioether (sulfide) groups is 1. The van der Waals surface area contributed by atoms with Gasteiger partial charge < -0.3 is 9.80 Å². The minimum Gasteiger partial charge on any atom is -0.341 e. The van der Waals surface area contributed by atoms with Crippen molar-refractivity contribution in [3.8, 4) is 0 Å². The first-order valence-corrected chi connectivity index (χ1v) is 9.54. The highest BCUT2D eigenvalue weighted by Crippen LogP contribution is 2.26. The van der Waals surface area contributed by atoms with Gasteiger partial charge in [-0.1, -0.05) is 19.9 Å². The van der Waals surface area contributed by atoms with Gasteiger partial charge in [0.2, 0.25) is 5.91 Å². The molecule has 2 aliphatic rings. The Morgan fingerprint density at radius 3 is 2.77 bits per heavy atom. The number of likely N-dealkylation sites (tertiary alicyclic amines) is 1. The molecule has 2 saturated heterocycles. The van der Waals surface area contributed by atoms with E-state index in [4.69, 9.17) is 0 Å². The van der Waals surface area contributed by atoms with Gasteiger partial charge in [-0.3, -0.25) is 9.59 Å². The van der Waals surface area contributed by atoms with Crippen LogP contribution in [0.25, 0.3) is 0 Å². The Kier molecular flexibility index (Phi) is 6.36. The lowest BCUT2D eigenvalue weighted by Crippen LogP contribution is -2.49. The van der Waals surface area contributed by atoms with Crippen LogP contribution in [0.2, 0.25) is 0 Å². The third-order valence-corrected chi connectivity index (χ3v) is 5.62. The van der Waals surface area contributed by atoms with Gasteiger partial charge in [0.25, 0.3) is 5.91 Å². The third-order valence-electron chi connectivity index (χ3n) is 4.60. The van der Waals surface area contributed by atoms with Crippen LogP contribution in [0.3, 0.4) is 0 Å². The molecule has 2 heterocycles. The molecule has 2 amide bonds. The lowest BCUT2D eigenvalue weighted by atomic mass is 10.0. The second-order valence-corrected chi connectivity index (χ2v) is 7.45. The van der Waals surface area contributed by atoms with E-state index in [1.165, 1.54) is 6.42 Å². The number of hydrogen-bond donors (Lipinski definition) is 0. The molecule has 2 fully saturated rings. The zero-order chi connectivity index (χ0) is 16.1. The van der Waals surface area contributed by atoms with Gasteiger partial charge in [-0.15, -0.1) is 11.8 Å². The van der Waals surface area contributed by atoms with Crippen LogP contribution in [0.15, 0.2) is 11.6 Å². The molecule has 0 radical (unpaired) electrons. The molecule has 0 aromatic heterocycles. The zero-order valence-corrected chi connectivity index (χ0v) is 14.8. The molecule has 5 heteroatoms. The van der Waals surface area contributed by atoms with Crippen molar-refractivity contribution < 1.29 is 9.59 Å². The molecule has 2 atom stereocenters. The molecule has 0 aromatic rings. The van der Waals surface area contributed by atoms with Crippen molar-refractivity contribution in [3.63, 3.8) is 0 Å². The second kappa shape index (κ2) is 8.04. The van der Waals surface area contributed by atoms with E-state index in [9.17, 15) is 9.59 Å². The Labute approximate surface area is 138 Å². The minimum atomic E-state index is -0.272. The highest BCUT2D eigenvalue weighted by atomic mass is 32.2. The minimum absolute atomic E-state index is 0.0217. The monoisotopic (exact) mass is 324 g/mol. The zero-order valence-electron chi connectivity index (χ0n) is 14.0. The summed E-state index contributed by atoms with van der Waals surface area (Å²) in [4.78, 5) is 29.1. The highest BCUT2D eigenvalue weighted by molar-refractivity contribution is 7.99. The van der Waals surface area contributed by atoms with Crippen LogP contribution in [0.5, 0.6) is 0 Å². The number of carbonyl (C=O) groups excluding carboxylic acids is 2. The van der Waals surface area contributed by atoms with Gasteiger partial charge in [0.15, 0.2) is 0 Å². The number of hydrogen-bond acceptors (Lipinski definition) is 3. The maximum absolute atomic E-state index is 12.9. The van der Waals surface area contributed by atoms with Crippen LogP contribution in [0.1, 0.15) is 46.5 Å². The largest absolute Gasteiger partial charge is 0.341 e. The van der Waals surface area contributed by atoms with Crippen molar-refractivity contribution in [1.82, 2.24) is 9.80 Å². The van der Waals surface area contributed by atoms with Gasteiger partial charge >= 0.3 is 0 Å². The van der Waals surface area contributed by atoms with Crippen LogP contribution in [0, 0.1) is 5.92 Å². The van der Waals surface area contributed by atoms with E-state index in [-0.39, 0.29) is 17.9 Å². The fourth-order valence-corrected chi connectivity index (χ4v) is 4.31. The summed E-state index contributed by atoms with van der Waals surface area (Å²) in [5.74, 6) is 2.23. The molecule has 2 aliphatic heterocycles. The molecular weight excluding hydrogens is 296 g/mol. The Bertz CT molecular complexity index is 450. The number of rotatable bonds is 3. The topological polar surface area (TPSA) is 40.6 Å². The van der Waals surface area contributed by atoms with Gasteiger partial charge in [0.1, 0.15) is 6.04 Å². The molecule has 2 rings (SSSR count). The standard InChI is InChI=1S/C17H28N2O2S/c1-4-6-14(3)16(20)19-12-22-11-15(19)17(21)18-9-5-7-13(2)8-10-18/h6,13,15H,4-5,7-12H2,1-3H3/b14-6-/t13-,15+/m0/s1. The molecule has 0 unspecified atom stereocenters. The Morgan fingerprint density at radius 1 is 1.27 bits per heavy atom. The maximum Gasteiger partial charge on any atom is 0.250 e.